The largest absolute Gasteiger partial charge is 1.00 e. The zero-order valence-corrected chi connectivity index (χ0v) is 13.3. The van der Waals surface area contributed by atoms with Crippen LogP contribution in [0.3, 0.4) is 0 Å². The molecule has 0 aromatic heterocycles. The van der Waals surface area contributed by atoms with Crippen molar-refractivity contribution in [1.82, 2.24) is 0 Å². The Morgan fingerprint density at radius 2 is 1.50 bits per heavy atom. The molecule has 0 aliphatic carbocycles. The van der Waals surface area contributed by atoms with E-state index in [1.165, 1.54) is 0 Å². The Morgan fingerprint density at radius 3 is 1.56 bits per heavy atom. The fourth-order valence-electron chi connectivity index (χ4n) is 0.246. The molecule has 0 spiro atoms. The Morgan fingerprint density at radius 1 is 1.19 bits per heavy atom. The molecule has 0 rings (SSSR count). The molecule has 0 unspecified atom stereocenters. The first-order valence-electron chi connectivity index (χ1n) is 3.32. The van der Waals surface area contributed by atoms with Crippen LogP contribution in [0.25, 0.3) is 0 Å². The Balaban J connectivity index is -0.0000000904. The van der Waals surface area contributed by atoms with Crippen LogP contribution in [0.2, 0.25) is 0 Å². The summed E-state index contributed by atoms with van der Waals surface area (Å²) in [5.74, 6) is -3.51. The quantitative estimate of drug-likeness (QED) is 0.389. The predicted molar refractivity (Wildman–Crippen MR) is 43.2 cm³/mol. The van der Waals surface area contributed by atoms with Crippen molar-refractivity contribution in [3.05, 3.63) is 24.8 Å². The number of hydrogen-bond acceptors (Lipinski definition) is 5. The van der Waals surface area contributed by atoms with Crippen molar-refractivity contribution in [1.29, 1.82) is 0 Å². The van der Waals surface area contributed by atoms with E-state index in [-0.39, 0.29) is 59.1 Å². The van der Waals surface area contributed by atoms with Crippen molar-refractivity contribution in [2.24, 2.45) is 5.73 Å². The van der Waals surface area contributed by atoms with Gasteiger partial charge in [0.2, 0.25) is 5.91 Å². The molecule has 0 aliphatic rings. The topological polar surface area (TPSA) is 123 Å². The van der Waals surface area contributed by atoms with Gasteiger partial charge in [-0.15, -0.1) is 0 Å². The summed E-state index contributed by atoms with van der Waals surface area (Å²) in [6, 6.07) is 0. The summed E-state index contributed by atoms with van der Waals surface area (Å²) in [6.45, 7) is 6.00. The maximum Gasteiger partial charge on any atom is 1.00 e. The Bertz CT molecular complexity index is 278. The summed E-state index contributed by atoms with van der Waals surface area (Å²) in [7, 11) is 0. The van der Waals surface area contributed by atoms with E-state index in [0.29, 0.717) is 0 Å². The molecule has 0 radical (unpaired) electrons. The van der Waals surface area contributed by atoms with Crippen LogP contribution >= 0.6 is 0 Å². The van der Waals surface area contributed by atoms with E-state index in [1.54, 1.807) is 0 Å². The van der Waals surface area contributed by atoms with E-state index < -0.39 is 29.8 Å². The SMILES string of the molecule is C=C(CC(=O)[O-])C(=O)[O-].C=CC(N)=O.[Na+].[Na+]. The number of carbonyl (C=O) groups is 3. The van der Waals surface area contributed by atoms with Gasteiger partial charge in [-0.3, -0.25) is 4.79 Å². The van der Waals surface area contributed by atoms with Gasteiger partial charge in [-0.25, -0.2) is 0 Å². The smallest absolute Gasteiger partial charge is 0.550 e. The van der Waals surface area contributed by atoms with Gasteiger partial charge in [0.15, 0.2) is 0 Å². The van der Waals surface area contributed by atoms with Crippen LogP contribution in [0.4, 0.5) is 0 Å². The molecule has 0 fully saturated rings. The number of aliphatic carboxylic acids is 2. The molecule has 0 saturated heterocycles. The summed E-state index contributed by atoms with van der Waals surface area (Å²) in [4.78, 5) is 28.9. The number of rotatable bonds is 4. The average Bonchev–Trinajstić information content (AvgIpc) is 2.04. The van der Waals surface area contributed by atoms with Gasteiger partial charge in [-0.1, -0.05) is 13.2 Å². The zero-order valence-electron chi connectivity index (χ0n) is 9.32. The van der Waals surface area contributed by atoms with Gasteiger partial charge in [0.25, 0.3) is 0 Å². The van der Waals surface area contributed by atoms with Crippen LogP contribution < -0.4 is 75.1 Å². The Kier molecular flexibility index (Phi) is 23.2. The standard InChI is InChI=1S/C5H6O4.C3H5NO.2Na/c1-3(5(8)9)2-4(6)7;1-2-3(4)5;;/h1-2H2,(H,6,7)(H,8,9);2H,1H2,(H2,4,5);;/q;;2*+1/p-2. The molecule has 0 aromatic carbocycles. The molecule has 0 saturated carbocycles. The number of primary amides is 1. The van der Waals surface area contributed by atoms with Crippen LogP contribution in [-0.2, 0) is 14.4 Å². The number of carbonyl (C=O) groups excluding carboxylic acids is 3. The first kappa shape index (κ1) is 24.9. The molecule has 0 bridgehead atoms. The average molecular weight is 245 g/mol. The molecule has 6 nitrogen and oxygen atoms in total. The fourth-order valence-corrected chi connectivity index (χ4v) is 0.246. The number of carboxylic acids is 2. The van der Waals surface area contributed by atoms with E-state index in [1.807, 2.05) is 0 Å². The van der Waals surface area contributed by atoms with Gasteiger partial charge in [-0.05, 0) is 11.6 Å². The van der Waals surface area contributed by atoms with E-state index >= 15 is 0 Å². The second-order valence-corrected chi connectivity index (χ2v) is 2.05. The van der Waals surface area contributed by atoms with Crippen molar-refractivity contribution in [2.45, 2.75) is 6.42 Å². The third-order valence-electron chi connectivity index (χ3n) is 0.848. The second kappa shape index (κ2) is 14.9. The van der Waals surface area contributed by atoms with Crippen molar-refractivity contribution < 1.29 is 83.7 Å². The zero-order chi connectivity index (χ0) is 11.7. The van der Waals surface area contributed by atoms with Crippen LogP contribution in [0.1, 0.15) is 6.42 Å². The van der Waals surface area contributed by atoms with E-state index in [9.17, 15) is 24.6 Å². The van der Waals surface area contributed by atoms with Gasteiger partial charge in [0, 0.05) is 12.4 Å². The van der Waals surface area contributed by atoms with Crippen molar-refractivity contribution in [3.63, 3.8) is 0 Å². The van der Waals surface area contributed by atoms with E-state index in [0.717, 1.165) is 6.08 Å². The maximum atomic E-state index is 9.73. The van der Waals surface area contributed by atoms with Crippen molar-refractivity contribution in [2.75, 3.05) is 0 Å². The number of hydrogen-bond donors (Lipinski definition) is 1. The van der Waals surface area contributed by atoms with Crippen molar-refractivity contribution >= 4 is 17.8 Å². The molecular formula is C8H9NNa2O5. The Hall–Kier alpha value is -0.110. The van der Waals surface area contributed by atoms with Gasteiger partial charge in [0.1, 0.15) is 0 Å². The summed E-state index contributed by atoms with van der Waals surface area (Å²) in [5, 5.41) is 19.4. The summed E-state index contributed by atoms with van der Waals surface area (Å²) < 4.78 is 0. The number of carboxylic acid groups (broad SMARTS) is 2. The molecule has 1 amide bonds. The molecule has 16 heavy (non-hydrogen) atoms. The number of nitrogens with two attached hydrogens (primary N) is 1. The molecule has 0 heterocycles. The third-order valence-corrected chi connectivity index (χ3v) is 0.848. The fraction of sp³-hybridized carbons (Fsp3) is 0.125. The molecule has 0 aromatic rings. The van der Waals surface area contributed by atoms with E-state index in [4.69, 9.17) is 0 Å². The van der Waals surface area contributed by atoms with E-state index in [2.05, 4.69) is 18.9 Å². The van der Waals surface area contributed by atoms with Gasteiger partial charge in [0.05, 0.1) is 5.97 Å². The minimum Gasteiger partial charge on any atom is -0.550 e. The van der Waals surface area contributed by atoms with Crippen LogP contribution in [0.5, 0.6) is 0 Å². The van der Waals surface area contributed by atoms with Crippen LogP contribution in [0.15, 0.2) is 24.8 Å². The Labute approximate surface area is 137 Å². The summed E-state index contributed by atoms with van der Waals surface area (Å²) in [5.41, 5.74) is 4.06. The minimum atomic E-state index is -1.56. The van der Waals surface area contributed by atoms with Crippen LogP contribution in [0, 0.1) is 0 Å². The molecule has 2 N–H and O–H groups in total. The molecular weight excluding hydrogens is 236 g/mol. The predicted octanol–water partition coefficient (Wildman–Crippen LogP) is -8.90. The maximum absolute atomic E-state index is 9.73. The van der Waals surface area contributed by atoms with Crippen LogP contribution in [-0.4, -0.2) is 17.8 Å². The summed E-state index contributed by atoms with van der Waals surface area (Å²) in [6.07, 6.45) is 0.377. The van der Waals surface area contributed by atoms with Gasteiger partial charge in [-0.2, -0.15) is 0 Å². The molecule has 78 valence electrons. The normalized spacial score (nSPS) is 6.75. The third kappa shape index (κ3) is 23.6. The minimum absolute atomic E-state index is 0. The summed E-state index contributed by atoms with van der Waals surface area (Å²) >= 11 is 0. The monoisotopic (exact) mass is 245 g/mol. The molecule has 8 heteroatoms. The molecule has 0 aliphatic heterocycles. The van der Waals surface area contributed by atoms with Gasteiger partial charge >= 0.3 is 59.1 Å². The molecule has 0 atom stereocenters. The first-order valence-corrected chi connectivity index (χ1v) is 3.32. The first-order chi connectivity index (χ1) is 6.31. The second-order valence-electron chi connectivity index (χ2n) is 2.05. The van der Waals surface area contributed by atoms with Gasteiger partial charge < -0.3 is 25.5 Å². The number of amides is 1. The van der Waals surface area contributed by atoms with Crippen molar-refractivity contribution in [3.8, 4) is 0 Å².